The van der Waals surface area contributed by atoms with Crippen molar-refractivity contribution in [3.05, 3.63) is 51.6 Å². The van der Waals surface area contributed by atoms with Gasteiger partial charge in [0, 0.05) is 29.2 Å². The Morgan fingerprint density at radius 1 is 1.06 bits per heavy atom. The normalized spacial score (nSPS) is 24.7. The number of aromatic hydroxyl groups is 1. The number of aliphatic hydroxyl groups is 5. The van der Waals surface area contributed by atoms with Crippen LogP contribution < -0.4 is 9.47 Å². The number of ether oxygens (including phenoxy) is 3. The molecule has 0 amide bonds. The molecule has 4 rings (SSSR count). The van der Waals surface area contributed by atoms with Crippen molar-refractivity contribution < 1.29 is 59.2 Å². The SMILES string of the molecule is CC(=O)Oc1cc(CO)c2c(c1)C(=O)c1cc(O[C@H]3O[C@@H](C)[C@@H](O)C(O)(O)[C@H]3O)c(C)c(O)c1C2=O. The van der Waals surface area contributed by atoms with E-state index in [9.17, 15) is 45.0 Å². The lowest BCUT2D eigenvalue weighted by Crippen LogP contribution is -2.66. The first kappa shape index (κ1) is 25.7. The van der Waals surface area contributed by atoms with Gasteiger partial charge in [-0.15, -0.1) is 0 Å². The monoisotopic (exact) mass is 504 g/mol. The Morgan fingerprint density at radius 3 is 2.31 bits per heavy atom. The Kier molecular flexibility index (Phi) is 6.37. The molecule has 36 heavy (non-hydrogen) atoms. The van der Waals surface area contributed by atoms with E-state index in [1.54, 1.807) is 0 Å². The molecule has 0 aromatic heterocycles. The summed E-state index contributed by atoms with van der Waals surface area (Å²) in [5, 5.41) is 60.9. The highest BCUT2D eigenvalue weighted by atomic mass is 16.7. The zero-order chi connectivity index (χ0) is 26.7. The van der Waals surface area contributed by atoms with Gasteiger partial charge in [0.15, 0.2) is 17.7 Å². The second-order valence-electron chi connectivity index (χ2n) is 8.69. The van der Waals surface area contributed by atoms with Crippen LogP contribution in [0.25, 0.3) is 0 Å². The zero-order valence-corrected chi connectivity index (χ0v) is 19.4. The molecular formula is C24H24O12. The Balaban J connectivity index is 1.80. The van der Waals surface area contributed by atoms with Crippen LogP contribution in [0.1, 0.15) is 56.8 Å². The van der Waals surface area contributed by atoms with Crippen LogP contribution in [-0.4, -0.2) is 78.6 Å². The molecule has 2 aromatic rings. The molecule has 0 spiro atoms. The summed E-state index contributed by atoms with van der Waals surface area (Å²) in [5.41, 5.74) is -0.990. The molecule has 2 aliphatic rings. The molecule has 0 bridgehead atoms. The maximum atomic E-state index is 13.4. The molecular weight excluding hydrogens is 480 g/mol. The molecule has 12 nitrogen and oxygen atoms in total. The van der Waals surface area contributed by atoms with Gasteiger partial charge in [-0.25, -0.2) is 0 Å². The van der Waals surface area contributed by atoms with Gasteiger partial charge in [0.1, 0.15) is 23.4 Å². The number of ketones is 2. The van der Waals surface area contributed by atoms with Crippen LogP contribution in [0.3, 0.4) is 0 Å². The van der Waals surface area contributed by atoms with E-state index in [2.05, 4.69) is 0 Å². The number of benzene rings is 2. The molecule has 0 unspecified atom stereocenters. The van der Waals surface area contributed by atoms with Gasteiger partial charge in [-0.1, -0.05) is 0 Å². The largest absolute Gasteiger partial charge is 0.507 e. The van der Waals surface area contributed by atoms with Crippen molar-refractivity contribution in [3.63, 3.8) is 0 Å². The van der Waals surface area contributed by atoms with Crippen molar-refractivity contribution >= 4 is 17.5 Å². The molecule has 192 valence electrons. The van der Waals surface area contributed by atoms with Crippen LogP contribution in [0.5, 0.6) is 17.2 Å². The van der Waals surface area contributed by atoms with E-state index in [1.165, 1.54) is 26.0 Å². The van der Waals surface area contributed by atoms with Crippen molar-refractivity contribution in [2.75, 3.05) is 0 Å². The maximum Gasteiger partial charge on any atom is 0.308 e. The third kappa shape index (κ3) is 3.93. The fourth-order valence-electron chi connectivity index (χ4n) is 4.31. The molecule has 6 N–H and O–H groups in total. The van der Waals surface area contributed by atoms with Crippen molar-refractivity contribution in [1.82, 2.24) is 0 Å². The molecule has 0 saturated carbocycles. The van der Waals surface area contributed by atoms with Gasteiger partial charge in [0.05, 0.1) is 18.3 Å². The van der Waals surface area contributed by atoms with Crippen molar-refractivity contribution in [1.29, 1.82) is 0 Å². The molecule has 1 heterocycles. The van der Waals surface area contributed by atoms with Crippen LogP contribution in [0.2, 0.25) is 0 Å². The van der Waals surface area contributed by atoms with Crippen LogP contribution in [-0.2, 0) is 16.1 Å². The number of hydrogen-bond acceptors (Lipinski definition) is 12. The molecule has 0 radical (unpaired) electrons. The Labute approximate surface area is 203 Å². The third-order valence-electron chi connectivity index (χ3n) is 6.24. The molecule has 2 aromatic carbocycles. The van der Waals surface area contributed by atoms with Gasteiger partial charge in [0.25, 0.3) is 0 Å². The number of fused-ring (bicyclic) bond motifs is 2. The van der Waals surface area contributed by atoms with Gasteiger partial charge in [-0.2, -0.15) is 0 Å². The Hall–Kier alpha value is -3.39. The first-order valence-electron chi connectivity index (χ1n) is 10.8. The van der Waals surface area contributed by atoms with Crippen molar-refractivity contribution in [2.24, 2.45) is 0 Å². The quantitative estimate of drug-likeness (QED) is 0.150. The Bertz CT molecular complexity index is 1280. The number of carbonyl (C=O) groups is 3. The molecule has 1 saturated heterocycles. The molecule has 4 atom stereocenters. The summed E-state index contributed by atoms with van der Waals surface area (Å²) in [4.78, 5) is 38.1. The molecule has 1 aliphatic carbocycles. The van der Waals surface area contributed by atoms with Crippen molar-refractivity contribution in [2.45, 2.75) is 57.8 Å². The van der Waals surface area contributed by atoms with Crippen LogP contribution >= 0.6 is 0 Å². The standard InChI is InChI=1S/C24H24O12/c1-8-15(36-23-22(31)24(32,33)21(30)9(2)34-23)6-14-17(18(8)27)20(29)16-11(7-25)4-12(35-10(3)26)5-13(16)19(14)28/h4-6,9,21-23,25,27,30-33H,7H2,1-3H3/t9-,21+,22-,23+/m0/s1. The smallest absolute Gasteiger partial charge is 0.308 e. The average molecular weight is 504 g/mol. The summed E-state index contributed by atoms with van der Waals surface area (Å²) in [6.07, 6.45) is -6.90. The van der Waals surface area contributed by atoms with E-state index in [4.69, 9.17) is 14.2 Å². The predicted octanol–water partition coefficient (Wildman–Crippen LogP) is -0.580. The average Bonchev–Trinajstić information content (AvgIpc) is 2.81. The summed E-state index contributed by atoms with van der Waals surface area (Å²) in [6.45, 7) is 3.15. The van der Waals surface area contributed by atoms with E-state index in [-0.39, 0.29) is 44.9 Å². The summed E-state index contributed by atoms with van der Waals surface area (Å²) in [5.74, 6) is -6.10. The Morgan fingerprint density at radius 2 is 1.69 bits per heavy atom. The zero-order valence-electron chi connectivity index (χ0n) is 19.4. The summed E-state index contributed by atoms with van der Waals surface area (Å²) in [7, 11) is 0. The van der Waals surface area contributed by atoms with Gasteiger partial charge in [-0.05, 0) is 37.6 Å². The van der Waals surface area contributed by atoms with E-state index >= 15 is 0 Å². The van der Waals surface area contributed by atoms with Gasteiger partial charge >= 0.3 is 5.97 Å². The number of hydrogen-bond donors (Lipinski definition) is 6. The third-order valence-corrected chi connectivity index (χ3v) is 6.24. The first-order valence-corrected chi connectivity index (χ1v) is 10.8. The van der Waals surface area contributed by atoms with E-state index in [0.717, 1.165) is 13.0 Å². The van der Waals surface area contributed by atoms with Gasteiger partial charge in [-0.3, -0.25) is 14.4 Å². The fourth-order valence-corrected chi connectivity index (χ4v) is 4.31. The van der Waals surface area contributed by atoms with E-state index in [0.29, 0.717) is 0 Å². The minimum Gasteiger partial charge on any atom is -0.507 e. The fraction of sp³-hybridized carbons (Fsp3) is 0.375. The number of phenols is 1. The first-order chi connectivity index (χ1) is 16.8. The summed E-state index contributed by atoms with van der Waals surface area (Å²) < 4.78 is 15.9. The van der Waals surface area contributed by atoms with E-state index in [1.807, 2.05) is 0 Å². The lowest BCUT2D eigenvalue weighted by atomic mass is 9.80. The highest BCUT2D eigenvalue weighted by molar-refractivity contribution is 6.30. The van der Waals surface area contributed by atoms with Gasteiger partial charge in [0.2, 0.25) is 12.1 Å². The molecule has 1 aliphatic heterocycles. The topological polar surface area (TPSA) is 200 Å². The van der Waals surface area contributed by atoms with Crippen molar-refractivity contribution in [3.8, 4) is 17.2 Å². The second kappa shape index (κ2) is 8.92. The van der Waals surface area contributed by atoms with Crippen LogP contribution in [0.15, 0.2) is 18.2 Å². The highest BCUT2D eigenvalue weighted by Crippen LogP contribution is 2.42. The number of esters is 1. The predicted molar refractivity (Wildman–Crippen MR) is 118 cm³/mol. The molecule has 12 heteroatoms. The summed E-state index contributed by atoms with van der Waals surface area (Å²) >= 11 is 0. The van der Waals surface area contributed by atoms with Gasteiger partial charge < -0.3 is 44.8 Å². The minimum absolute atomic E-state index is 0.0126. The number of rotatable bonds is 4. The number of carbonyl (C=O) groups excluding carboxylic acids is 3. The lowest BCUT2D eigenvalue weighted by Gasteiger charge is -2.43. The summed E-state index contributed by atoms with van der Waals surface area (Å²) in [6, 6.07) is 3.53. The van der Waals surface area contributed by atoms with E-state index < -0.39 is 60.3 Å². The number of aliphatic hydroxyl groups excluding tert-OH is 3. The van der Waals surface area contributed by atoms with Crippen LogP contribution in [0, 0.1) is 6.92 Å². The maximum absolute atomic E-state index is 13.4. The highest BCUT2D eigenvalue weighted by Gasteiger charge is 2.54. The second-order valence-corrected chi connectivity index (χ2v) is 8.69. The molecule has 1 fully saturated rings. The van der Waals surface area contributed by atoms with Crippen LogP contribution in [0.4, 0.5) is 0 Å². The lowest BCUT2D eigenvalue weighted by molar-refractivity contribution is -0.371. The number of phenolic OH excluding ortho intramolecular Hbond substituents is 1. The minimum atomic E-state index is -2.98.